The molecule has 4 rings (SSSR count). The van der Waals surface area contributed by atoms with Crippen LogP contribution in [0.25, 0.3) is 10.4 Å². The summed E-state index contributed by atoms with van der Waals surface area (Å²) in [6, 6.07) is 9.96. The van der Waals surface area contributed by atoms with Gasteiger partial charge in [0.25, 0.3) is 10.0 Å². The van der Waals surface area contributed by atoms with Crippen molar-refractivity contribution in [3.05, 3.63) is 54.0 Å². The van der Waals surface area contributed by atoms with Gasteiger partial charge in [-0.05, 0) is 67.6 Å². The monoisotopic (exact) mass is 519 g/mol. The van der Waals surface area contributed by atoms with Crippen LogP contribution in [0.5, 0.6) is 5.75 Å². The summed E-state index contributed by atoms with van der Waals surface area (Å²) in [4.78, 5) is 17.6. The first-order valence-corrected chi connectivity index (χ1v) is 13.4. The molecule has 8 nitrogen and oxygen atoms in total. The number of nitrogens with zero attached hydrogens (tertiary/aromatic N) is 1. The number of halogens is 1. The third-order valence-corrected chi connectivity index (χ3v) is 8.17. The number of carbonyl (C=O) groups excluding carboxylic acids is 1. The van der Waals surface area contributed by atoms with Crippen molar-refractivity contribution in [2.24, 2.45) is 5.92 Å². The second-order valence-corrected chi connectivity index (χ2v) is 10.9. The molecule has 1 aliphatic rings. The van der Waals surface area contributed by atoms with Crippen molar-refractivity contribution < 1.29 is 27.1 Å². The maximum absolute atomic E-state index is 13.5. The zero-order valence-corrected chi connectivity index (χ0v) is 21.0. The van der Waals surface area contributed by atoms with E-state index in [-0.39, 0.29) is 22.2 Å². The minimum absolute atomic E-state index is 0.0975. The van der Waals surface area contributed by atoms with Gasteiger partial charge < -0.3 is 14.8 Å². The summed E-state index contributed by atoms with van der Waals surface area (Å²) in [5.41, 5.74) is 1.36. The van der Waals surface area contributed by atoms with Gasteiger partial charge in [0.2, 0.25) is 5.91 Å². The quantitative estimate of drug-likeness (QED) is 0.442. The van der Waals surface area contributed by atoms with Crippen LogP contribution in [0.15, 0.2) is 47.4 Å². The van der Waals surface area contributed by atoms with E-state index in [1.54, 1.807) is 19.1 Å². The van der Waals surface area contributed by atoms with E-state index in [9.17, 15) is 17.6 Å². The number of hydrogen-bond donors (Lipinski definition) is 2. The smallest absolute Gasteiger partial charge is 0.265 e. The Balaban J connectivity index is 1.57. The van der Waals surface area contributed by atoms with Crippen molar-refractivity contribution >= 4 is 38.1 Å². The van der Waals surface area contributed by atoms with Crippen LogP contribution in [0.3, 0.4) is 0 Å². The number of amides is 1. The summed E-state index contributed by atoms with van der Waals surface area (Å²) in [6.07, 6.45) is 2.14. The molecule has 2 N–H and O–H groups in total. The second-order valence-electron chi connectivity index (χ2n) is 8.22. The van der Waals surface area contributed by atoms with E-state index in [0.29, 0.717) is 41.9 Å². The second kappa shape index (κ2) is 10.7. The van der Waals surface area contributed by atoms with E-state index in [1.165, 1.54) is 42.7 Å². The van der Waals surface area contributed by atoms with Crippen LogP contribution in [0.4, 0.5) is 15.2 Å². The molecule has 1 amide bonds. The largest absolute Gasteiger partial charge is 0.495 e. The van der Waals surface area contributed by atoms with E-state index in [4.69, 9.17) is 9.47 Å². The van der Waals surface area contributed by atoms with Crippen LogP contribution in [0, 0.1) is 18.7 Å². The van der Waals surface area contributed by atoms with Crippen molar-refractivity contribution in [3.63, 3.8) is 0 Å². The van der Waals surface area contributed by atoms with Crippen LogP contribution in [0.2, 0.25) is 0 Å². The van der Waals surface area contributed by atoms with Crippen LogP contribution in [-0.2, 0) is 19.6 Å². The van der Waals surface area contributed by atoms with Gasteiger partial charge in [0.05, 0.1) is 23.4 Å². The highest BCUT2D eigenvalue weighted by Crippen LogP contribution is 2.37. The lowest BCUT2D eigenvalue weighted by molar-refractivity contribution is -0.117. The van der Waals surface area contributed by atoms with Gasteiger partial charge >= 0.3 is 0 Å². The Morgan fingerprint density at radius 2 is 2.00 bits per heavy atom. The lowest BCUT2D eigenvalue weighted by Crippen LogP contribution is -2.22. The third-order valence-electron chi connectivity index (χ3n) is 5.65. The number of rotatable bonds is 8. The predicted molar refractivity (Wildman–Crippen MR) is 133 cm³/mol. The molecule has 2 aromatic carbocycles. The molecule has 1 aliphatic heterocycles. The van der Waals surface area contributed by atoms with Crippen LogP contribution >= 0.6 is 11.3 Å². The molecule has 0 atom stereocenters. The topological polar surface area (TPSA) is 107 Å². The minimum atomic E-state index is -4.08. The van der Waals surface area contributed by atoms with Crippen molar-refractivity contribution in [2.75, 3.05) is 30.4 Å². The van der Waals surface area contributed by atoms with Gasteiger partial charge in [-0.15, -0.1) is 0 Å². The molecule has 35 heavy (non-hydrogen) atoms. The fourth-order valence-electron chi connectivity index (χ4n) is 3.89. The van der Waals surface area contributed by atoms with Gasteiger partial charge in [0, 0.05) is 19.6 Å². The number of aromatic nitrogens is 1. The average Bonchev–Trinajstić information content (AvgIpc) is 3.18. The number of benzene rings is 2. The Kier molecular flexibility index (Phi) is 7.68. The summed E-state index contributed by atoms with van der Waals surface area (Å²) in [7, 11) is -2.71. The van der Waals surface area contributed by atoms with Gasteiger partial charge in [-0.1, -0.05) is 17.4 Å². The van der Waals surface area contributed by atoms with Gasteiger partial charge in [0.15, 0.2) is 5.13 Å². The summed E-state index contributed by atoms with van der Waals surface area (Å²) < 4.78 is 52.8. The Morgan fingerprint density at radius 3 is 2.71 bits per heavy atom. The highest BCUT2D eigenvalue weighted by Gasteiger charge is 2.23. The first kappa shape index (κ1) is 25.1. The number of thiazole rings is 1. The van der Waals surface area contributed by atoms with E-state index in [1.807, 2.05) is 0 Å². The molecular weight excluding hydrogens is 493 g/mol. The molecule has 0 unspecified atom stereocenters. The molecule has 0 radical (unpaired) electrons. The van der Waals surface area contributed by atoms with Crippen molar-refractivity contribution in [2.45, 2.75) is 31.1 Å². The van der Waals surface area contributed by atoms with E-state index >= 15 is 0 Å². The molecular formula is C24H26FN3O5S2. The molecule has 1 fully saturated rings. The Labute approximate surface area is 207 Å². The molecule has 0 bridgehead atoms. The normalized spacial score (nSPS) is 14.5. The van der Waals surface area contributed by atoms with E-state index in [2.05, 4.69) is 15.0 Å². The molecule has 0 saturated carbocycles. The number of methoxy groups -OCH3 is 1. The zero-order chi connectivity index (χ0) is 25.0. The standard InChI is InChI=1S/C24H26FN3O5S2/c1-15-23(34-24(26-15)27-22(29)12-16-8-10-33-11-9-16)17-6-7-20(32-2)21(13-17)35(30,31)28-19-5-3-4-18(25)14-19/h3-7,13-14,16,28H,8-12H2,1-2H3,(H,26,27,29). The summed E-state index contributed by atoms with van der Waals surface area (Å²) in [6.45, 7) is 3.15. The number of aryl methyl sites for hydroxylation is 1. The molecule has 186 valence electrons. The third kappa shape index (κ3) is 6.16. The minimum Gasteiger partial charge on any atom is -0.495 e. The number of nitrogens with one attached hydrogen (secondary N) is 2. The highest BCUT2D eigenvalue weighted by atomic mass is 32.2. The maximum atomic E-state index is 13.5. The maximum Gasteiger partial charge on any atom is 0.265 e. The Morgan fingerprint density at radius 1 is 1.23 bits per heavy atom. The average molecular weight is 520 g/mol. The lowest BCUT2D eigenvalue weighted by atomic mass is 9.96. The van der Waals surface area contributed by atoms with Gasteiger partial charge in [0.1, 0.15) is 16.5 Å². The van der Waals surface area contributed by atoms with E-state index < -0.39 is 15.8 Å². The molecule has 1 saturated heterocycles. The first-order valence-electron chi connectivity index (χ1n) is 11.1. The fraction of sp³-hybridized carbons (Fsp3) is 0.333. The SMILES string of the molecule is COc1ccc(-c2sc(NC(=O)CC3CCOCC3)nc2C)cc1S(=O)(=O)Nc1cccc(F)c1. The summed E-state index contributed by atoms with van der Waals surface area (Å²) in [5.74, 6) is -0.221. The summed E-state index contributed by atoms with van der Waals surface area (Å²) >= 11 is 1.27. The van der Waals surface area contributed by atoms with Crippen molar-refractivity contribution in [1.82, 2.24) is 4.98 Å². The molecule has 0 spiro atoms. The summed E-state index contributed by atoms with van der Waals surface area (Å²) in [5, 5.41) is 3.31. The Bertz CT molecular complexity index is 1320. The number of anilines is 2. The molecule has 11 heteroatoms. The van der Waals surface area contributed by atoms with Gasteiger partial charge in [-0.25, -0.2) is 17.8 Å². The zero-order valence-electron chi connectivity index (χ0n) is 19.3. The number of hydrogen-bond acceptors (Lipinski definition) is 7. The van der Waals surface area contributed by atoms with Crippen LogP contribution in [-0.4, -0.2) is 39.6 Å². The van der Waals surface area contributed by atoms with Crippen LogP contribution < -0.4 is 14.8 Å². The number of carbonyl (C=O) groups is 1. The van der Waals surface area contributed by atoms with Crippen LogP contribution in [0.1, 0.15) is 25.0 Å². The van der Waals surface area contributed by atoms with Crippen molar-refractivity contribution in [3.8, 4) is 16.2 Å². The van der Waals surface area contributed by atoms with E-state index in [0.717, 1.165) is 23.8 Å². The van der Waals surface area contributed by atoms with Gasteiger partial charge in [-0.2, -0.15) is 0 Å². The number of sulfonamides is 1. The molecule has 0 aliphatic carbocycles. The first-order chi connectivity index (χ1) is 16.7. The predicted octanol–water partition coefficient (Wildman–Crippen LogP) is 4.82. The molecule has 1 aromatic heterocycles. The highest BCUT2D eigenvalue weighted by molar-refractivity contribution is 7.92. The number of ether oxygens (including phenoxy) is 2. The molecule has 2 heterocycles. The van der Waals surface area contributed by atoms with Gasteiger partial charge in [-0.3, -0.25) is 9.52 Å². The molecule has 3 aromatic rings. The lowest BCUT2D eigenvalue weighted by Gasteiger charge is -2.20. The fourth-order valence-corrected chi connectivity index (χ4v) is 6.12. The Hall–Kier alpha value is -3.02. The van der Waals surface area contributed by atoms with Crippen molar-refractivity contribution in [1.29, 1.82) is 0 Å².